The lowest BCUT2D eigenvalue weighted by Gasteiger charge is -2.05. The highest BCUT2D eigenvalue weighted by atomic mass is 16.6. The van der Waals surface area contributed by atoms with Crippen molar-refractivity contribution in [2.24, 2.45) is 0 Å². The normalized spacial score (nSPS) is 9.00. The standard InChI is InChI=1S/C7H14N2O5/c1-2-4-13-6(10)8-3-5-14-7(11)9-12/h12H,2-5H2,1H3,(H,8,10)(H,9,11). The summed E-state index contributed by atoms with van der Waals surface area (Å²) in [7, 11) is 0. The van der Waals surface area contributed by atoms with Crippen molar-refractivity contribution >= 4 is 12.2 Å². The topological polar surface area (TPSA) is 96.9 Å². The monoisotopic (exact) mass is 206 g/mol. The van der Waals surface area contributed by atoms with Crippen LogP contribution in [0.15, 0.2) is 0 Å². The van der Waals surface area contributed by atoms with Crippen LogP contribution >= 0.6 is 0 Å². The maximum atomic E-state index is 10.8. The molecule has 3 N–H and O–H groups in total. The molecular formula is C7H14N2O5. The van der Waals surface area contributed by atoms with Gasteiger partial charge >= 0.3 is 12.2 Å². The van der Waals surface area contributed by atoms with Crippen molar-refractivity contribution in [2.45, 2.75) is 13.3 Å². The summed E-state index contributed by atoms with van der Waals surface area (Å²) in [4.78, 5) is 21.1. The van der Waals surface area contributed by atoms with E-state index in [9.17, 15) is 9.59 Å². The first kappa shape index (κ1) is 12.5. The summed E-state index contributed by atoms with van der Waals surface area (Å²) in [6.45, 7) is 2.33. The number of nitrogens with one attached hydrogen (secondary N) is 2. The smallest absolute Gasteiger partial charge is 0.431 e. The second-order valence-corrected chi connectivity index (χ2v) is 2.31. The Kier molecular flexibility index (Phi) is 7.24. The molecule has 0 bridgehead atoms. The average Bonchev–Trinajstić information content (AvgIpc) is 2.21. The first-order valence-electron chi connectivity index (χ1n) is 4.18. The Morgan fingerprint density at radius 1 is 1.21 bits per heavy atom. The largest absolute Gasteiger partial charge is 0.450 e. The van der Waals surface area contributed by atoms with Crippen LogP contribution in [0.4, 0.5) is 9.59 Å². The Bertz CT molecular complexity index is 185. The highest BCUT2D eigenvalue weighted by Gasteiger charge is 2.01. The second-order valence-electron chi connectivity index (χ2n) is 2.31. The van der Waals surface area contributed by atoms with Gasteiger partial charge in [-0.25, -0.2) is 15.1 Å². The van der Waals surface area contributed by atoms with Crippen LogP contribution in [0, 0.1) is 0 Å². The minimum Gasteiger partial charge on any atom is -0.450 e. The number of hydrogen-bond acceptors (Lipinski definition) is 5. The molecule has 0 saturated heterocycles. The van der Waals surface area contributed by atoms with Gasteiger partial charge in [0.15, 0.2) is 0 Å². The first-order valence-corrected chi connectivity index (χ1v) is 4.18. The van der Waals surface area contributed by atoms with Gasteiger partial charge in [-0.3, -0.25) is 5.21 Å². The molecule has 0 aromatic rings. The molecule has 0 spiro atoms. The van der Waals surface area contributed by atoms with Crippen molar-refractivity contribution in [3.63, 3.8) is 0 Å². The molecular weight excluding hydrogens is 192 g/mol. The number of rotatable bonds is 5. The van der Waals surface area contributed by atoms with Gasteiger partial charge in [-0.05, 0) is 6.42 Å². The number of alkyl carbamates (subject to hydrolysis) is 1. The van der Waals surface area contributed by atoms with E-state index >= 15 is 0 Å². The Balaban J connectivity index is 3.27. The molecule has 0 unspecified atom stereocenters. The van der Waals surface area contributed by atoms with E-state index < -0.39 is 12.2 Å². The summed E-state index contributed by atoms with van der Waals surface area (Å²) >= 11 is 0. The van der Waals surface area contributed by atoms with Gasteiger partial charge in [0.05, 0.1) is 13.2 Å². The lowest BCUT2D eigenvalue weighted by molar-refractivity contribution is 0.0883. The molecule has 0 aromatic carbocycles. The summed E-state index contributed by atoms with van der Waals surface area (Å²) in [5.41, 5.74) is 1.28. The van der Waals surface area contributed by atoms with Crippen molar-refractivity contribution < 1.29 is 24.3 Å². The third kappa shape index (κ3) is 7.17. The number of carbonyl (C=O) groups is 2. The number of carbonyl (C=O) groups excluding carboxylic acids is 2. The van der Waals surface area contributed by atoms with Crippen molar-refractivity contribution in [3.8, 4) is 0 Å². The van der Waals surface area contributed by atoms with E-state index in [-0.39, 0.29) is 13.2 Å². The van der Waals surface area contributed by atoms with E-state index in [1.807, 2.05) is 6.92 Å². The van der Waals surface area contributed by atoms with Gasteiger partial charge in [0.25, 0.3) is 0 Å². The predicted octanol–water partition coefficient (Wildman–Crippen LogP) is 0.238. The van der Waals surface area contributed by atoms with E-state index in [1.54, 1.807) is 0 Å². The van der Waals surface area contributed by atoms with Gasteiger partial charge < -0.3 is 14.8 Å². The SMILES string of the molecule is CCCOC(=O)NCCOC(=O)NO. The Morgan fingerprint density at radius 2 is 1.86 bits per heavy atom. The number of hydrogen-bond donors (Lipinski definition) is 3. The molecule has 0 saturated carbocycles. The number of hydroxylamine groups is 1. The van der Waals surface area contributed by atoms with Crippen LogP contribution in [0.25, 0.3) is 0 Å². The number of ether oxygens (including phenoxy) is 2. The van der Waals surface area contributed by atoms with Crippen LogP contribution in [0.5, 0.6) is 0 Å². The summed E-state index contributed by atoms with van der Waals surface area (Å²) in [5, 5.41) is 10.4. The average molecular weight is 206 g/mol. The molecule has 82 valence electrons. The van der Waals surface area contributed by atoms with Gasteiger partial charge in [0.1, 0.15) is 6.61 Å². The van der Waals surface area contributed by atoms with Crippen molar-refractivity contribution in [1.82, 2.24) is 10.8 Å². The highest BCUT2D eigenvalue weighted by molar-refractivity contribution is 5.67. The van der Waals surface area contributed by atoms with Gasteiger partial charge in [0.2, 0.25) is 0 Å². The first-order chi connectivity index (χ1) is 6.70. The molecule has 0 aliphatic carbocycles. The molecule has 0 heterocycles. The summed E-state index contributed by atoms with van der Waals surface area (Å²) in [5.74, 6) is 0. The van der Waals surface area contributed by atoms with Crippen molar-refractivity contribution in [1.29, 1.82) is 0 Å². The molecule has 2 amide bonds. The molecule has 0 aliphatic rings. The van der Waals surface area contributed by atoms with Crippen LogP contribution in [-0.2, 0) is 9.47 Å². The zero-order valence-corrected chi connectivity index (χ0v) is 7.91. The van der Waals surface area contributed by atoms with Crippen LogP contribution in [0.2, 0.25) is 0 Å². The summed E-state index contributed by atoms with van der Waals surface area (Å²) in [6.07, 6.45) is -0.773. The lowest BCUT2D eigenvalue weighted by atomic mass is 10.5. The molecule has 14 heavy (non-hydrogen) atoms. The zero-order chi connectivity index (χ0) is 10.8. The van der Waals surface area contributed by atoms with E-state index in [1.165, 1.54) is 5.48 Å². The van der Waals surface area contributed by atoms with Crippen LogP contribution in [0.3, 0.4) is 0 Å². The molecule has 0 aliphatic heterocycles. The quantitative estimate of drug-likeness (QED) is 0.340. The molecule has 7 nitrogen and oxygen atoms in total. The molecule has 0 aromatic heterocycles. The minimum absolute atomic E-state index is 0.0341. The minimum atomic E-state index is -0.964. The van der Waals surface area contributed by atoms with Crippen molar-refractivity contribution in [2.75, 3.05) is 19.8 Å². The fourth-order valence-electron chi connectivity index (χ4n) is 0.575. The maximum Gasteiger partial charge on any atom is 0.431 e. The van der Waals surface area contributed by atoms with Crippen LogP contribution in [-0.4, -0.2) is 37.2 Å². The zero-order valence-electron chi connectivity index (χ0n) is 7.91. The van der Waals surface area contributed by atoms with Crippen LogP contribution < -0.4 is 10.8 Å². The van der Waals surface area contributed by atoms with Gasteiger partial charge in [0, 0.05) is 0 Å². The fraction of sp³-hybridized carbons (Fsp3) is 0.714. The van der Waals surface area contributed by atoms with Gasteiger partial charge in [-0.1, -0.05) is 6.92 Å². The van der Waals surface area contributed by atoms with Crippen LogP contribution in [0.1, 0.15) is 13.3 Å². The van der Waals surface area contributed by atoms with Gasteiger partial charge in [-0.15, -0.1) is 0 Å². The molecule has 0 rings (SSSR count). The Labute approximate surface area is 81.3 Å². The van der Waals surface area contributed by atoms with E-state index in [0.717, 1.165) is 6.42 Å². The van der Waals surface area contributed by atoms with E-state index in [2.05, 4.69) is 14.8 Å². The predicted molar refractivity (Wildman–Crippen MR) is 45.9 cm³/mol. The fourth-order valence-corrected chi connectivity index (χ4v) is 0.575. The Morgan fingerprint density at radius 3 is 2.43 bits per heavy atom. The molecule has 7 heteroatoms. The summed E-state index contributed by atoms with van der Waals surface area (Å²) < 4.78 is 9.04. The molecule has 0 fully saturated rings. The molecule has 0 atom stereocenters. The Hall–Kier alpha value is -1.50. The van der Waals surface area contributed by atoms with E-state index in [0.29, 0.717) is 6.61 Å². The van der Waals surface area contributed by atoms with Gasteiger partial charge in [-0.2, -0.15) is 0 Å². The number of amides is 2. The second kappa shape index (κ2) is 8.11. The third-order valence-electron chi connectivity index (χ3n) is 1.13. The summed E-state index contributed by atoms with van der Waals surface area (Å²) in [6, 6.07) is 0. The lowest BCUT2D eigenvalue weighted by Crippen LogP contribution is -2.30. The highest BCUT2D eigenvalue weighted by Crippen LogP contribution is 1.81. The maximum absolute atomic E-state index is 10.8. The van der Waals surface area contributed by atoms with E-state index in [4.69, 9.17) is 5.21 Å². The third-order valence-corrected chi connectivity index (χ3v) is 1.13. The molecule has 0 radical (unpaired) electrons. The van der Waals surface area contributed by atoms with Crippen molar-refractivity contribution in [3.05, 3.63) is 0 Å².